The summed E-state index contributed by atoms with van der Waals surface area (Å²) in [5, 5.41) is 1.04. The van der Waals surface area contributed by atoms with Crippen molar-refractivity contribution in [2.24, 2.45) is 0 Å². The molecule has 5 rings (SSSR count). The molecule has 2 aliphatic rings. The molecule has 2 saturated heterocycles. The first-order valence-electron chi connectivity index (χ1n) is 12.0. The Kier molecular flexibility index (Phi) is 8.25. The van der Waals surface area contributed by atoms with Crippen molar-refractivity contribution in [3.8, 4) is 5.75 Å². The number of hydrogen-bond acceptors (Lipinski definition) is 6. The molecule has 0 bridgehead atoms. The molecule has 1 aromatic heterocycles. The van der Waals surface area contributed by atoms with E-state index in [1.807, 2.05) is 29.0 Å². The van der Waals surface area contributed by atoms with E-state index >= 15 is 0 Å². The second kappa shape index (κ2) is 11.6. The maximum absolute atomic E-state index is 6.55. The summed E-state index contributed by atoms with van der Waals surface area (Å²) in [5.41, 5.74) is 1.92. The number of anilines is 1. The van der Waals surface area contributed by atoms with Crippen LogP contribution in [0.1, 0.15) is 5.56 Å². The highest BCUT2D eigenvalue weighted by molar-refractivity contribution is 6.35. The van der Waals surface area contributed by atoms with Crippen LogP contribution in [0.3, 0.4) is 0 Å². The standard InChI is InChI=1S/C26H29Cl3N4O3/c27-7-9-31-11-13-33(14-12-31)21-2-4-22(5-3-21)34-16-23-17-35-26(36-23,18-32-10-8-30-19-32)24-6-1-20(28)15-25(24)29/h1-6,8,10,15,19,23H,7,9,11-14,16-18H2. The molecule has 2 atom stereocenters. The normalized spacial score (nSPS) is 22.8. The lowest BCUT2D eigenvalue weighted by Gasteiger charge is -2.35. The number of alkyl halides is 1. The highest BCUT2D eigenvalue weighted by atomic mass is 35.5. The van der Waals surface area contributed by atoms with Gasteiger partial charge in [0.25, 0.3) is 0 Å². The molecule has 2 aromatic carbocycles. The zero-order valence-corrected chi connectivity index (χ0v) is 22.1. The van der Waals surface area contributed by atoms with Crippen LogP contribution in [0.4, 0.5) is 5.69 Å². The molecule has 7 nitrogen and oxygen atoms in total. The summed E-state index contributed by atoms with van der Waals surface area (Å²) in [5.74, 6) is 0.408. The molecule has 10 heteroatoms. The Hall–Kier alpha value is -2.00. The molecule has 192 valence electrons. The van der Waals surface area contributed by atoms with Gasteiger partial charge in [0.1, 0.15) is 18.5 Å². The van der Waals surface area contributed by atoms with E-state index in [1.165, 1.54) is 5.69 Å². The van der Waals surface area contributed by atoms with Gasteiger partial charge >= 0.3 is 0 Å². The van der Waals surface area contributed by atoms with Crippen molar-refractivity contribution < 1.29 is 14.2 Å². The Morgan fingerprint density at radius 1 is 1.06 bits per heavy atom. The summed E-state index contributed by atoms with van der Waals surface area (Å²) >= 11 is 18.5. The summed E-state index contributed by atoms with van der Waals surface area (Å²) in [4.78, 5) is 8.92. The van der Waals surface area contributed by atoms with E-state index in [2.05, 4.69) is 26.9 Å². The third-order valence-electron chi connectivity index (χ3n) is 6.56. The van der Waals surface area contributed by atoms with Crippen LogP contribution in [0.15, 0.2) is 61.2 Å². The molecule has 0 radical (unpaired) electrons. The van der Waals surface area contributed by atoms with Gasteiger partial charge in [0, 0.05) is 67.3 Å². The van der Waals surface area contributed by atoms with Crippen molar-refractivity contribution in [2.75, 3.05) is 56.7 Å². The molecule has 2 fully saturated rings. The molecule has 2 unspecified atom stereocenters. The molecule has 0 aliphatic carbocycles. The zero-order chi connectivity index (χ0) is 25.0. The SMILES string of the molecule is ClCCN1CCN(c2ccc(OCC3COC(Cn4ccnc4)(c4ccc(Cl)cc4Cl)O3)cc2)CC1. The van der Waals surface area contributed by atoms with Crippen LogP contribution in [-0.2, 0) is 21.8 Å². The molecule has 3 heterocycles. The molecule has 3 aromatic rings. The van der Waals surface area contributed by atoms with Crippen molar-refractivity contribution in [1.82, 2.24) is 14.5 Å². The number of nitrogens with zero attached hydrogens (tertiary/aromatic N) is 4. The summed E-state index contributed by atoms with van der Waals surface area (Å²) < 4.78 is 20.7. The fourth-order valence-electron chi connectivity index (χ4n) is 4.67. The number of benzene rings is 2. The molecular formula is C26H29Cl3N4O3. The summed E-state index contributed by atoms with van der Waals surface area (Å²) in [6, 6.07) is 13.6. The van der Waals surface area contributed by atoms with E-state index in [4.69, 9.17) is 49.0 Å². The minimum absolute atomic E-state index is 0.269. The maximum Gasteiger partial charge on any atom is 0.215 e. The number of rotatable bonds is 9. The van der Waals surface area contributed by atoms with Gasteiger partial charge in [-0.2, -0.15) is 0 Å². The maximum atomic E-state index is 6.55. The highest BCUT2D eigenvalue weighted by Gasteiger charge is 2.45. The number of imidazole rings is 1. The Balaban J connectivity index is 1.21. The van der Waals surface area contributed by atoms with Gasteiger partial charge in [-0.25, -0.2) is 4.98 Å². The predicted octanol–water partition coefficient (Wildman–Crippen LogP) is 4.90. The lowest BCUT2D eigenvalue weighted by atomic mass is 10.1. The van der Waals surface area contributed by atoms with Gasteiger partial charge in [-0.15, -0.1) is 11.6 Å². The lowest BCUT2D eigenvalue weighted by Crippen LogP contribution is -2.46. The largest absolute Gasteiger partial charge is 0.491 e. The van der Waals surface area contributed by atoms with Gasteiger partial charge in [-0.05, 0) is 36.4 Å². The van der Waals surface area contributed by atoms with Gasteiger partial charge in [0.15, 0.2) is 0 Å². The number of hydrogen-bond donors (Lipinski definition) is 0. The molecule has 36 heavy (non-hydrogen) atoms. The first-order chi connectivity index (χ1) is 17.5. The Bertz CT molecular complexity index is 1120. The van der Waals surface area contributed by atoms with Crippen LogP contribution in [0.5, 0.6) is 5.75 Å². The average Bonchev–Trinajstić information content (AvgIpc) is 3.54. The van der Waals surface area contributed by atoms with Gasteiger partial charge in [-0.1, -0.05) is 29.3 Å². The Morgan fingerprint density at radius 2 is 1.86 bits per heavy atom. The van der Waals surface area contributed by atoms with Crippen molar-refractivity contribution in [3.63, 3.8) is 0 Å². The van der Waals surface area contributed by atoms with Crippen LogP contribution in [0.25, 0.3) is 0 Å². The van der Waals surface area contributed by atoms with E-state index < -0.39 is 5.79 Å². The molecule has 2 aliphatic heterocycles. The van der Waals surface area contributed by atoms with Gasteiger partial charge in [0.05, 0.1) is 24.5 Å². The minimum Gasteiger partial charge on any atom is -0.491 e. The van der Waals surface area contributed by atoms with Crippen molar-refractivity contribution in [3.05, 3.63) is 76.8 Å². The van der Waals surface area contributed by atoms with Crippen LogP contribution >= 0.6 is 34.8 Å². The molecule has 0 N–H and O–H groups in total. The highest BCUT2D eigenvalue weighted by Crippen LogP contribution is 2.40. The van der Waals surface area contributed by atoms with Crippen molar-refractivity contribution in [2.45, 2.75) is 18.4 Å². The molecule has 0 spiro atoms. The van der Waals surface area contributed by atoms with Crippen LogP contribution in [0.2, 0.25) is 10.0 Å². The van der Waals surface area contributed by atoms with Crippen molar-refractivity contribution >= 4 is 40.5 Å². The van der Waals surface area contributed by atoms with Crippen molar-refractivity contribution in [1.29, 1.82) is 0 Å². The van der Waals surface area contributed by atoms with E-state index in [0.29, 0.717) is 35.7 Å². The third kappa shape index (κ3) is 5.93. The fraction of sp³-hybridized carbons (Fsp3) is 0.423. The second-order valence-electron chi connectivity index (χ2n) is 8.99. The number of ether oxygens (including phenoxy) is 3. The monoisotopic (exact) mass is 550 g/mol. The first kappa shape index (κ1) is 25.6. The number of aromatic nitrogens is 2. The van der Waals surface area contributed by atoms with Gasteiger partial charge in [0.2, 0.25) is 5.79 Å². The van der Waals surface area contributed by atoms with E-state index in [-0.39, 0.29) is 6.10 Å². The minimum atomic E-state index is -1.06. The van der Waals surface area contributed by atoms with E-state index in [1.54, 1.807) is 24.7 Å². The van der Waals surface area contributed by atoms with E-state index in [0.717, 1.165) is 44.0 Å². The van der Waals surface area contributed by atoms with Crippen LogP contribution < -0.4 is 9.64 Å². The van der Waals surface area contributed by atoms with Crippen LogP contribution in [-0.4, -0.2) is 72.4 Å². The topological polar surface area (TPSA) is 52.0 Å². The number of piperazine rings is 1. The smallest absolute Gasteiger partial charge is 0.215 e. The quantitative estimate of drug-likeness (QED) is 0.353. The molecule has 0 saturated carbocycles. The molecular weight excluding hydrogens is 523 g/mol. The van der Waals surface area contributed by atoms with Gasteiger partial charge < -0.3 is 23.7 Å². The third-order valence-corrected chi connectivity index (χ3v) is 7.28. The second-order valence-corrected chi connectivity index (χ2v) is 10.2. The summed E-state index contributed by atoms with van der Waals surface area (Å²) in [6.07, 6.45) is 5.04. The summed E-state index contributed by atoms with van der Waals surface area (Å²) in [6.45, 7) is 6.13. The fourth-order valence-corrected chi connectivity index (χ4v) is 5.46. The first-order valence-corrected chi connectivity index (χ1v) is 13.3. The lowest BCUT2D eigenvalue weighted by molar-refractivity contribution is -0.189. The Morgan fingerprint density at radius 3 is 2.56 bits per heavy atom. The van der Waals surface area contributed by atoms with Crippen LogP contribution in [0, 0.1) is 0 Å². The van der Waals surface area contributed by atoms with Gasteiger partial charge in [-0.3, -0.25) is 4.90 Å². The predicted molar refractivity (Wildman–Crippen MR) is 143 cm³/mol. The zero-order valence-electron chi connectivity index (χ0n) is 19.9. The number of halogens is 3. The summed E-state index contributed by atoms with van der Waals surface area (Å²) in [7, 11) is 0. The Labute approximate surface area is 226 Å². The van der Waals surface area contributed by atoms with E-state index in [9.17, 15) is 0 Å². The average molecular weight is 552 g/mol. The molecule has 0 amide bonds.